The Balaban J connectivity index is 0.000000251. The van der Waals surface area contributed by atoms with Crippen LogP contribution in [0.4, 0.5) is 0 Å². The first-order chi connectivity index (χ1) is 11.1. The summed E-state index contributed by atoms with van der Waals surface area (Å²) in [5, 5.41) is 33.2. The Kier molecular flexibility index (Phi) is 7.14. The van der Waals surface area contributed by atoms with E-state index in [1.807, 2.05) is 27.7 Å². The summed E-state index contributed by atoms with van der Waals surface area (Å²) in [6.07, 6.45) is 3.85. The van der Waals surface area contributed by atoms with Gasteiger partial charge < -0.3 is 20.7 Å². The van der Waals surface area contributed by atoms with E-state index < -0.39 is 0 Å². The first kappa shape index (κ1) is 22.8. The van der Waals surface area contributed by atoms with Crippen LogP contribution in [-0.2, 0) is 0 Å². The first-order valence-electron chi connectivity index (χ1n) is 9.64. The molecule has 0 aromatic heterocycles. The minimum atomic E-state index is -0.227. The highest BCUT2D eigenvalue weighted by Crippen LogP contribution is 2.39. The van der Waals surface area contributed by atoms with Gasteiger partial charge in [0.1, 0.15) is 0 Å². The third-order valence-electron chi connectivity index (χ3n) is 5.51. The molecular weight excluding hydrogens is 316 g/mol. The van der Waals surface area contributed by atoms with E-state index in [0.29, 0.717) is 18.4 Å². The molecule has 25 heavy (non-hydrogen) atoms. The predicted molar refractivity (Wildman–Crippen MR) is 103 cm³/mol. The normalized spacial score (nSPS) is 28.9. The zero-order valence-corrected chi connectivity index (χ0v) is 17.7. The summed E-state index contributed by atoms with van der Waals surface area (Å²) in [6, 6.07) is 0. The lowest BCUT2D eigenvalue weighted by Crippen LogP contribution is -2.59. The maximum absolute atomic E-state index is 9.93. The van der Waals surface area contributed by atoms with Crippen molar-refractivity contribution in [2.45, 2.75) is 103 Å². The minimum absolute atomic E-state index is 0.176. The quantitative estimate of drug-likeness (QED) is 0.610. The van der Waals surface area contributed by atoms with Gasteiger partial charge in [0.2, 0.25) is 0 Å². The van der Waals surface area contributed by atoms with Gasteiger partial charge in [-0.05, 0) is 92.9 Å². The molecule has 2 aliphatic rings. The second-order valence-electron chi connectivity index (χ2n) is 10.7. The summed E-state index contributed by atoms with van der Waals surface area (Å²) < 4.78 is 0. The molecule has 4 N–H and O–H groups in total. The number of hydrogen-bond acceptors (Lipinski definition) is 5. The summed E-state index contributed by atoms with van der Waals surface area (Å²) >= 11 is 0. The van der Waals surface area contributed by atoms with Crippen LogP contribution >= 0.6 is 0 Å². The summed E-state index contributed by atoms with van der Waals surface area (Å²) in [5.74, 6) is 0.782. The third kappa shape index (κ3) is 6.47. The van der Waals surface area contributed by atoms with E-state index in [4.69, 9.17) is 10.2 Å². The highest BCUT2D eigenvalue weighted by molar-refractivity contribution is 4.97. The Hall–Kier alpha value is -0.200. The van der Waals surface area contributed by atoms with Crippen LogP contribution in [0.3, 0.4) is 0 Å². The Labute approximate surface area is 154 Å². The van der Waals surface area contributed by atoms with Crippen LogP contribution in [0, 0.1) is 11.8 Å². The number of nitrogens with zero attached hydrogens (tertiary/aromatic N) is 1. The number of rotatable bonds is 2. The Morgan fingerprint density at radius 2 is 1.04 bits per heavy atom. The number of hydrogen-bond donors (Lipinski definition) is 4. The van der Waals surface area contributed by atoms with Gasteiger partial charge in [-0.2, -0.15) is 5.06 Å². The van der Waals surface area contributed by atoms with Crippen molar-refractivity contribution in [2.24, 2.45) is 11.8 Å². The van der Waals surface area contributed by atoms with Crippen LogP contribution < -0.4 is 5.32 Å². The van der Waals surface area contributed by atoms with Gasteiger partial charge in [0.05, 0.1) is 0 Å². The molecule has 5 nitrogen and oxygen atoms in total. The number of aliphatic hydroxyl groups is 2. The number of nitrogens with one attached hydrogen (secondary N) is 1. The number of hydroxylamine groups is 2. The topological polar surface area (TPSA) is 76.0 Å². The van der Waals surface area contributed by atoms with Crippen molar-refractivity contribution in [2.75, 3.05) is 13.2 Å². The molecule has 5 heteroatoms. The first-order valence-corrected chi connectivity index (χ1v) is 9.64. The van der Waals surface area contributed by atoms with Gasteiger partial charge in [0.25, 0.3) is 0 Å². The predicted octanol–water partition coefficient (Wildman–Crippen LogP) is 3.17. The molecule has 150 valence electrons. The zero-order valence-electron chi connectivity index (χ0n) is 17.7. The molecule has 0 unspecified atom stereocenters. The molecule has 2 heterocycles. The fourth-order valence-electron chi connectivity index (χ4n) is 5.27. The van der Waals surface area contributed by atoms with Gasteiger partial charge in [0.15, 0.2) is 0 Å². The summed E-state index contributed by atoms with van der Waals surface area (Å²) in [4.78, 5) is 0. The van der Waals surface area contributed by atoms with Gasteiger partial charge in [-0.3, -0.25) is 0 Å². The van der Waals surface area contributed by atoms with Crippen molar-refractivity contribution >= 4 is 0 Å². The largest absolute Gasteiger partial charge is 0.396 e. The SMILES string of the molecule is CC1(C)CC(CO)CC(C)(C)N1.CC1(C)CC(CO)CC(C)(C)N1O. The molecule has 0 aromatic rings. The van der Waals surface area contributed by atoms with Crippen molar-refractivity contribution in [1.82, 2.24) is 10.4 Å². The Bertz CT molecular complexity index is 399. The maximum Gasteiger partial charge on any atom is 0.0460 e. The number of piperidine rings is 2. The van der Waals surface area contributed by atoms with E-state index in [0.717, 1.165) is 25.7 Å². The molecule has 0 bridgehead atoms. The van der Waals surface area contributed by atoms with Gasteiger partial charge >= 0.3 is 0 Å². The van der Waals surface area contributed by atoms with E-state index in [1.54, 1.807) is 0 Å². The van der Waals surface area contributed by atoms with Crippen molar-refractivity contribution < 1.29 is 15.4 Å². The Morgan fingerprint density at radius 1 is 0.720 bits per heavy atom. The average molecular weight is 359 g/mol. The van der Waals surface area contributed by atoms with Crippen LogP contribution in [0.2, 0.25) is 0 Å². The third-order valence-corrected chi connectivity index (χ3v) is 5.51. The highest BCUT2D eigenvalue weighted by atomic mass is 16.5. The second-order valence-corrected chi connectivity index (χ2v) is 10.7. The van der Waals surface area contributed by atoms with Crippen LogP contribution in [0.5, 0.6) is 0 Å². The van der Waals surface area contributed by atoms with Crippen LogP contribution in [0.15, 0.2) is 0 Å². The standard InChI is InChI=1S/C10H21NO2.C10H21NO/c1-9(2)5-8(7-12)6-10(3,4)11(9)13;1-9(2)5-8(7-12)6-10(3,4)11-9/h8,12-13H,5-7H2,1-4H3;8,11-12H,5-7H2,1-4H3. The molecule has 2 fully saturated rings. The van der Waals surface area contributed by atoms with Gasteiger partial charge in [-0.25, -0.2) is 0 Å². The van der Waals surface area contributed by atoms with Crippen LogP contribution in [0.1, 0.15) is 81.1 Å². The lowest BCUT2D eigenvalue weighted by Gasteiger charge is -2.51. The number of aliphatic hydroxyl groups excluding tert-OH is 2. The molecule has 0 aliphatic carbocycles. The Morgan fingerprint density at radius 3 is 1.36 bits per heavy atom. The molecule has 0 atom stereocenters. The van der Waals surface area contributed by atoms with Gasteiger partial charge in [0, 0.05) is 35.4 Å². The zero-order chi connectivity index (χ0) is 19.7. The average Bonchev–Trinajstić information content (AvgIpc) is 2.41. The van der Waals surface area contributed by atoms with Crippen LogP contribution in [0.25, 0.3) is 0 Å². The summed E-state index contributed by atoms with van der Waals surface area (Å²) in [7, 11) is 0. The van der Waals surface area contributed by atoms with E-state index in [-0.39, 0.29) is 28.8 Å². The van der Waals surface area contributed by atoms with Crippen molar-refractivity contribution in [3.05, 3.63) is 0 Å². The highest BCUT2D eigenvalue weighted by Gasteiger charge is 2.44. The molecular formula is C20H42N2O3. The second kappa shape index (κ2) is 7.81. The van der Waals surface area contributed by atoms with Crippen molar-refractivity contribution in [3.63, 3.8) is 0 Å². The van der Waals surface area contributed by atoms with E-state index in [1.165, 1.54) is 5.06 Å². The van der Waals surface area contributed by atoms with Crippen LogP contribution in [-0.4, -0.2) is 55.9 Å². The lowest BCUT2D eigenvalue weighted by molar-refractivity contribution is -0.252. The van der Waals surface area contributed by atoms with E-state index >= 15 is 0 Å². The summed E-state index contributed by atoms with van der Waals surface area (Å²) in [5.41, 5.74) is -0.103. The fraction of sp³-hybridized carbons (Fsp3) is 1.00. The summed E-state index contributed by atoms with van der Waals surface area (Å²) in [6.45, 7) is 17.4. The smallest absolute Gasteiger partial charge is 0.0460 e. The molecule has 0 saturated carbocycles. The van der Waals surface area contributed by atoms with Crippen molar-refractivity contribution in [1.29, 1.82) is 0 Å². The monoisotopic (exact) mass is 358 g/mol. The van der Waals surface area contributed by atoms with Gasteiger partial charge in [-0.15, -0.1) is 0 Å². The van der Waals surface area contributed by atoms with Gasteiger partial charge in [-0.1, -0.05) is 0 Å². The molecule has 0 spiro atoms. The van der Waals surface area contributed by atoms with E-state index in [9.17, 15) is 5.21 Å². The van der Waals surface area contributed by atoms with Crippen molar-refractivity contribution in [3.8, 4) is 0 Å². The maximum atomic E-state index is 9.93. The van der Waals surface area contributed by atoms with E-state index in [2.05, 4.69) is 33.0 Å². The molecule has 0 amide bonds. The molecule has 0 radical (unpaired) electrons. The molecule has 0 aromatic carbocycles. The minimum Gasteiger partial charge on any atom is -0.396 e. The lowest BCUT2D eigenvalue weighted by atomic mass is 9.76. The fourth-order valence-corrected chi connectivity index (χ4v) is 5.27. The molecule has 2 rings (SSSR count). The molecule has 2 aliphatic heterocycles. The molecule has 2 saturated heterocycles.